The van der Waals surface area contributed by atoms with Gasteiger partial charge in [-0.3, -0.25) is 0 Å². The van der Waals surface area contributed by atoms with E-state index in [0.29, 0.717) is 18.8 Å². The van der Waals surface area contributed by atoms with E-state index in [1.54, 1.807) is 7.05 Å². The maximum atomic E-state index is 11.1. The number of aliphatic hydroxyl groups excluding tert-OH is 2. The van der Waals surface area contributed by atoms with Crippen LogP contribution in [0.5, 0.6) is 0 Å². The Morgan fingerprint density at radius 1 is 1.00 bits per heavy atom. The van der Waals surface area contributed by atoms with Crippen LogP contribution in [0.2, 0.25) is 0 Å². The minimum absolute atomic E-state index is 0.00112. The van der Waals surface area contributed by atoms with Gasteiger partial charge in [-0.05, 0) is 32.7 Å². The number of nitrogens with one attached hydrogen (secondary N) is 1. The third-order valence-corrected chi connectivity index (χ3v) is 7.54. The lowest BCUT2D eigenvalue weighted by molar-refractivity contribution is -0.306. The van der Waals surface area contributed by atoms with E-state index in [1.807, 2.05) is 6.92 Å². The molecule has 2 saturated carbocycles. The van der Waals surface area contributed by atoms with Gasteiger partial charge in [-0.2, -0.15) is 0 Å². The molecule has 0 radical (unpaired) electrons. The van der Waals surface area contributed by atoms with Gasteiger partial charge >= 0.3 is 0 Å². The zero-order valence-electron chi connectivity index (χ0n) is 19.1. The number of ether oxygens (including phenoxy) is 4. The summed E-state index contributed by atoms with van der Waals surface area (Å²) in [5, 5.41) is 34.7. The zero-order valence-corrected chi connectivity index (χ0v) is 19.1. The topological polar surface area (TPSA) is 240 Å². The van der Waals surface area contributed by atoms with Crippen LogP contribution >= 0.6 is 0 Å². The number of nitrogens with two attached hydrogens (primary N) is 5. The number of likely N-dealkylation sites (N-methyl/N-ethyl adjacent to an activating group) is 1. The summed E-state index contributed by atoms with van der Waals surface area (Å²) in [5.74, 6) is 0.561. The molecular formula is C20H40N6O7. The summed E-state index contributed by atoms with van der Waals surface area (Å²) in [6, 6.07) is -2.53. The summed E-state index contributed by atoms with van der Waals surface area (Å²) in [7, 11) is 1.55. The number of hydrogen-bond donors (Lipinski definition) is 9. The summed E-state index contributed by atoms with van der Waals surface area (Å²) in [6.45, 7) is 1.66. The van der Waals surface area contributed by atoms with Gasteiger partial charge in [0.05, 0.1) is 24.8 Å². The molecule has 14 N–H and O–H groups in total. The van der Waals surface area contributed by atoms with Gasteiger partial charge in [0.2, 0.25) is 0 Å². The zero-order chi connectivity index (χ0) is 24.2. The predicted octanol–water partition coefficient (Wildman–Crippen LogP) is -4.84. The number of aliphatic hydroxyl groups is 3. The van der Waals surface area contributed by atoms with Gasteiger partial charge in [0.15, 0.2) is 18.3 Å². The van der Waals surface area contributed by atoms with E-state index in [0.717, 1.165) is 0 Å². The molecule has 8 unspecified atom stereocenters. The fourth-order valence-corrected chi connectivity index (χ4v) is 5.70. The van der Waals surface area contributed by atoms with Crippen LogP contribution in [0.25, 0.3) is 0 Å². The lowest BCUT2D eigenvalue weighted by Crippen LogP contribution is -2.72. The quantitative estimate of drug-likeness (QED) is 0.164. The second-order valence-corrected chi connectivity index (χ2v) is 10.2. The predicted molar refractivity (Wildman–Crippen MR) is 116 cm³/mol. The molecule has 4 aliphatic rings. The van der Waals surface area contributed by atoms with Crippen molar-refractivity contribution in [1.82, 2.24) is 5.32 Å². The van der Waals surface area contributed by atoms with Gasteiger partial charge in [-0.15, -0.1) is 0 Å². The summed E-state index contributed by atoms with van der Waals surface area (Å²) in [5.41, 5.74) is 28.8. The van der Waals surface area contributed by atoms with E-state index in [1.165, 1.54) is 0 Å². The van der Waals surface area contributed by atoms with Crippen LogP contribution in [0.4, 0.5) is 0 Å². The average molecular weight is 477 g/mol. The fraction of sp³-hybridized carbons (Fsp3) is 1.00. The molecule has 0 aromatic carbocycles. The van der Waals surface area contributed by atoms with Gasteiger partial charge in [-0.1, -0.05) is 0 Å². The Bertz CT molecular complexity index is 689. The average Bonchev–Trinajstić information content (AvgIpc) is 3.42. The molecule has 2 saturated heterocycles. The van der Waals surface area contributed by atoms with E-state index in [-0.39, 0.29) is 30.7 Å². The highest BCUT2D eigenvalue weighted by Crippen LogP contribution is 2.51. The summed E-state index contributed by atoms with van der Waals surface area (Å²) < 4.78 is 23.5. The normalized spacial score (nSPS) is 55.6. The van der Waals surface area contributed by atoms with Crippen molar-refractivity contribution in [2.75, 3.05) is 13.7 Å². The summed E-state index contributed by atoms with van der Waals surface area (Å²) in [4.78, 5) is 0. The Morgan fingerprint density at radius 2 is 1.61 bits per heavy atom. The van der Waals surface area contributed by atoms with Crippen LogP contribution in [-0.2, 0) is 18.9 Å². The number of rotatable bonds is 6. The number of fused-ring (bicyclic) bond motifs is 1. The fourth-order valence-electron chi connectivity index (χ4n) is 5.70. The minimum atomic E-state index is -1.79. The van der Waals surface area contributed by atoms with Crippen molar-refractivity contribution in [3.63, 3.8) is 0 Å². The molecule has 13 heteroatoms. The maximum Gasteiger partial charge on any atom is 0.185 e. The molecule has 13 nitrogen and oxygen atoms in total. The maximum absolute atomic E-state index is 11.1. The Morgan fingerprint density at radius 3 is 2.18 bits per heavy atom. The highest BCUT2D eigenvalue weighted by Gasteiger charge is 2.59. The number of hydrogen-bond acceptors (Lipinski definition) is 13. The Balaban J connectivity index is 1.41. The molecule has 192 valence electrons. The van der Waals surface area contributed by atoms with E-state index in [9.17, 15) is 15.3 Å². The molecule has 2 heterocycles. The van der Waals surface area contributed by atoms with Crippen LogP contribution in [0, 0.1) is 11.8 Å². The lowest BCUT2D eigenvalue weighted by atomic mass is 9.84. The SMILES string of the molecule is CNC1C(O)[C@@H](O[C@H]2C(N)C[C@H](N)C(O[C@H]3OC4C([C@@H](C)N)[C@@H]4CC3N)C2O)OC[C@]1(N)O. The van der Waals surface area contributed by atoms with Crippen molar-refractivity contribution in [1.29, 1.82) is 0 Å². The molecule has 0 bridgehead atoms. The molecule has 15 atom stereocenters. The van der Waals surface area contributed by atoms with Crippen LogP contribution in [0.15, 0.2) is 0 Å². The molecule has 0 amide bonds. The lowest BCUT2D eigenvalue weighted by Gasteiger charge is -2.48. The van der Waals surface area contributed by atoms with Crippen LogP contribution in [-0.4, -0.2) is 108 Å². The van der Waals surface area contributed by atoms with Crippen molar-refractivity contribution >= 4 is 0 Å². The van der Waals surface area contributed by atoms with Crippen molar-refractivity contribution in [2.24, 2.45) is 40.5 Å². The third-order valence-electron chi connectivity index (χ3n) is 7.54. The second kappa shape index (κ2) is 9.50. The third kappa shape index (κ3) is 4.80. The summed E-state index contributed by atoms with van der Waals surface area (Å²) in [6.07, 6.45) is -5.29. The van der Waals surface area contributed by atoms with Crippen molar-refractivity contribution in [3.05, 3.63) is 0 Å². The van der Waals surface area contributed by atoms with Crippen molar-refractivity contribution in [2.45, 2.75) is 98.8 Å². The van der Waals surface area contributed by atoms with E-state index in [2.05, 4.69) is 5.32 Å². The first-order valence-corrected chi connectivity index (χ1v) is 11.6. The largest absolute Gasteiger partial charge is 0.388 e. The smallest absolute Gasteiger partial charge is 0.185 e. The second-order valence-electron chi connectivity index (χ2n) is 10.2. The van der Waals surface area contributed by atoms with Gasteiger partial charge in [0, 0.05) is 24.0 Å². The van der Waals surface area contributed by atoms with E-state index in [4.69, 9.17) is 47.6 Å². The highest BCUT2D eigenvalue weighted by molar-refractivity contribution is 5.08. The van der Waals surface area contributed by atoms with Gasteiger partial charge < -0.3 is 68.3 Å². The van der Waals surface area contributed by atoms with Crippen LogP contribution < -0.4 is 34.0 Å². The first-order chi connectivity index (χ1) is 15.5. The highest BCUT2D eigenvalue weighted by atomic mass is 16.7. The summed E-state index contributed by atoms with van der Waals surface area (Å²) >= 11 is 0. The first-order valence-electron chi connectivity index (χ1n) is 11.6. The molecule has 2 aliphatic carbocycles. The Hall–Kier alpha value is -0.520. The molecule has 33 heavy (non-hydrogen) atoms. The van der Waals surface area contributed by atoms with Gasteiger partial charge in [-0.25, -0.2) is 0 Å². The molecular weight excluding hydrogens is 436 g/mol. The molecule has 0 spiro atoms. The van der Waals surface area contributed by atoms with Gasteiger partial charge in [0.1, 0.15) is 24.4 Å². The van der Waals surface area contributed by atoms with Gasteiger partial charge in [0.25, 0.3) is 0 Å². The standard InChI is InChI=1S/C20H40N6O7/c1-6(21)11-7-3-10(24)18(31-14(7)11)32-15-8(22)4-9(23)16(12(15)27)33-19-13(28)17(26-2)20(25,29)5-30-19/h6-19,26-29H,3-5,21-25H2,1-2H3/t6-,7+,8+,9?,10?,11?,12?,13?,14?,15?,16+,17?,18-,19-,20+/m1/s1. The Labute approximate surface area is 193 Å². The minimum Gasteiger partial charge on any atom is -0.388 e. The van der Waals surface area contributed by atoms with Crippen molar-refractivity contribution < 1.29 is 34.3 Å². The van der Waals surface area contributed by atoms with E-state index >= 15 is 0 Å². The molecule has 4 fully saturated rings. The molecule has 4 rings (SSSR count). The van der Waals surface area contributed by atoms with Crippen LogP contribution in [0.1, 0.15) is 19.8 Å². The van der Waals surface area contributed by atoms with Crippen molar-refractivity contribution in [3.8, 4) is 0 Å². The molecule has 2 aliphatic heterocycles. The van der Waals surface area contributed by atoms with E-state index < -0.39 is 60.8 Å². The first kappa shape index (κ1) is 25.6. The Kier molecular flexibility index (Phi) is 7.36. The monoisotopic (exact) mass is 476 g/mol. The van der Waals surface area contributed by atoms with Crippen LogP contribution in [0.3, 0.4) is 0 Å². The molecule has 0 aromatic heterocycles. The molecule has 0 aromatic rings.